The van der Waals surface area contributed by atoms with Crippen LogP contribution in [0.1, 0.15) is 18.1 Å². The van der Waals surface area contributed by atoms with E-state index in [1.807, 2.05) is 0 Å². The van der Waals surface area contributed by atoms with E-state index in [9.17, 15) is 0 Å². The zero-order valence-electron chi connectivity index (χ0n) is 11.6. The number of rotatable bonds is 4. The number of benzene rings is 1. The number of nitrogens with zero attached hydrogens (tertiary/aromatic N) is 2. The van der Waals surface area contributed by atoms with Gasteiger partial charge in [-0.2, -0.15) is 0 Å². The lowest BCUT2D eigenvalue weighted by Gasteiger charge is -2.19. The second-order valence-electron chi connectivity index (χ2n) is 5.27. The summed E-state index contributed by atoms with van der Waals surface area (Å²) < 4.78 is 3.31. The highest BCUT2D eigenvalue weighted by atomic mass is 127. The maximum Gasteiger partial charge on any atom is 0.0480 e. The van der Waals surface area contributed by atoms with Gasteiger partial charge in [0.1, 0.15) is 0 Å². The van der Waals surface area contributed by atoms with Gasteiger partial charge in [0, 0.05) is 34.6 Å². The molecule has 1 atom stereocenters. The van der Waals surface area contributed by atoms with Crippen LogP contribution in [0.5, 0.6) is 0 Å². The van der Waals surface area contributed by atoms with Crippen molar-refractivity contribution in [2.45, 2.75) is 23.8 Å². The van der Waals surface area contributed by atoms with Gasteiger partial charge >= 0.3 is 0 Å². The van der Waals surface area contributed by atoms with E-state index in [1.54, 1.807) is 0 Å². The van der Waals surface area contributed by atoms with Gasteiger partial charge in [0.05, 0.1) is 0 Å². The molecule has 2 nitrogen and oxygen atoms in total. The van der Waals surface area contributed by atoms with E-state index in [-0.39, 0.29) is 0 Å². The summed E-state index contributed by atoms with van der Waals surface area (Å²) in [6.07, 6.45) is 3.39. The summed E-state index contributed by atoms with van der Waals surface area (Å²) in [5.41, 5.74) is 4.21. The molecule has 0 aliphatic rings. The topological polar surface area (TPSA) is 8.17 Å². The Kier molecular flexibility index (Phi) is 4.33. The fourth-order valence-corrected chi connectivity index (χ4v) is 2.74. The van der Waals surface area contributed by atoms with Crippen LogP contribution in [0.4, 0.5) is 0 Å². The molecular weight excluding hydrogens is 335 g/mol. The van der Waals surface area contributed by atoms with Crippen LogP contribution in [0, 0.1) is 0 Å². The first-order chi connectivity index (χ1) is 8.52. The zero-order chi connectivity index (χ0) is 13.3. The molecule has 1 aromatic carbocycles. The van der Waals surface area contributed by atoms with E-state index in [0.29, 0.717) is 6.04 Å². The van der Waals surface area contributed by atoms with Crippen LogP contribution in [-0.4, -0.2) is 29.6 Å². The van der Waals surface area contributed by atoms with Gasteiger partial charge in [-0.05, 0) is 50.7 Å². The first-order valence-electron chi connectivity index (χ1n) is 6.32. The average Bonchev–Trinajstić information content (AvgIpc) is 2.65. The van der Waals surface area contributed by atoms with Crippen molar-refractivity contribution in [3.63, 3.8) is 0 Å². The number of hydrogen-bond acceptors (Lipinski definition) is 1. The van der Waals surface area contributed by atoms with Gasteiger partial charge < -0.3 is 9.47 Å². The number of hydrogen-bond donors (Lipinski definition) is 0. The number of alkyl halides is 1. The number of likely N-dealkylation sites (N-methyl/N-ethyl adjacent to an activating group) is 1. The van der Waals surface area contributed by atoms with Crippen LogP contribution < -0.4 is 0 Å². The Morgan fingerprint density at radius 2 is 2.06 bits per heavy atom. The van der Waals surface area contributed by atoms with Crippen molar-refractivity contribution < 1.29 is 0 Å². The van der Waals surface area contributed by atoms with Crippen LogP contribution in [0.2, 0.25) is 0 Å². The monoisotopic (exact) mass is 356 g/mol. The summed E-state index contributed by atoms with van der Waals surface area (Å²) in [6, 6.07) is 7.39. The number of halogens is 1. The Labute approximate surface area is 123 Å². The minimum Gasteiger partial charge on any atom is -0.350 e. The summed E-state index contributed by atoms with van der Waals surface area (Å²) in [5, 5.41) is 1.42. The summed E-state index contributed by atoms with van der Waals surface area (Å²) in [6.45, 7) is 2.28. The third kappa shape index (κ3) is 2.72. The van der Waals surface area contributed by atoms with E-state index >= 15 is 0 Å². The van der Waals surface area contributed by atoms with Crippen molar-refractivity contribution >= 4 is 33.5 Å². The molecule has 0 unspecified atom stereocenters. The minimum atomic E-state index is 0.568. The SMILES string of the molecule is C[C@H](Cc1cn(C)c2ccc(CI)cc12)N(C)C. The third-order valence-electron chi connectivity index (χ3n) is 3.69. The first-order valence-corrected chi connectivity index (χ1v) is 7.84. The maximum atomic E-state index is 2.43. The van der Waals surface area contributed by atoms with Crippen molar-refractivity contribution in [1.29, 1.82) is 0 Å². The van der Waals surface area contributed by atoms with Crippen LogP contribution in [0.3, 0.4) is 0 Å². The molecule has 0 saturated carbocycles. The molecule has 2 rings (SSSR count). The van der Waals surface area contributed by atoms with Crippen LogP contribution in [-0.2, 0) is 17.9 Å². The summed E-state index contributed by atoms with van der Waals surface area (Å²) in [4.78, 5) is 2.28. The van der Waals surface area contributed by atoms with Crippen molar-refractivity contribution in [2.24, 2.45) is 7.05 Å². The van der Waals surface area contributed by atoms with E-state index in [4.69, 9.17) is 0 Å². The van der Waals surface area contributed by atoms with Gasteiger partial charge in [0.25, 0.3) is 0 Å². The van der Waals surface area contributed by atoms with Crippen molar-refractivity contribution in [3.05, 3.63) is 35.5 Å². The highest BCUT2D eigenvalue weighted by molar-refractivity contribution is 14.1. The van der Waals surface area contributed by atoms with Crippen molar-refractivity contribution in [2.75, 3.05) is 14.1 Å². The largest absolute Gasteiger partial charge is 0.350 e. The quantitative estimate of drug-likeness (QED) is 0.600. The third-order valence-corrected chi connectivity index (χ3v) is 4.57. The highest BCUT2D eigenvalue weighted by Crippen LogP contribution is 2.24. The molecule has 0 aliphatic carbocycles. The second kappa shape index (κ2) is 5.61. The molecule has 0 spiro atoms. The van der Waals surface area contributed by atoms with Crippen LogP contribution >= 0.6 is 22.6 Å². The molecule has 0 amide bonds. The average molecular weight is 356 g/mol. The van der Waals surface area contributed by atoms with Gasteiger partial charge in [-0.1, -0.05) is 28.7 Å². The molecule has 2 aromatic rings. The molecule has 1 aromatic heterocycles. The van der Waals surface area contributed by atoms with E-state index in [1.165, 1.54) is 22.0 Å². The van der Waals surface area contributed by atoms with Crippen molar-refractivity contribution in [3.8, 4) is 0 Å². The molecule has 0 radical (unpaired) electrons. The van der Waals surface area contributed by atoms with Crippen LogP contribution in [0.15, 0.2) is 24.4 Å². The minimum absolute atomic E-state index is 0.568. The van der Waals surface area contributed by atoms with Gasteiger partial charge in [0.2, 0.25) is 0 Å². The lowest BCUT2D eigenvalue weighted by Crippen LogP contribution is -2.26. The number of aryl methyl sites for hydroxylation is 1. The lowest BCUT2D eigenvalue weighted by atomic mass is 10.0. The number of fused-ring (bicyclic) bond motifs is 1. The molecule has 0 fully saturated rings. The zero-order valence-corrected chi connectivity index (χ0v) is 13.7. The highest BCUT2D eigenvalue weighted by Gasteiger charge is 2.12. The summed E-state index contributed by atoms with van der Waals surface area (Å²) >= 11 is 2.43. The second-order valence-corrected chi connectivity index (χ2v) is 6.03. The molecule has 0 bridgehead atoms. The Balaban J connectivity index is 2.43. The maximum absolute atomic E-state index is 2.43. The molecule has 18 heavy (non-hydrogen) atoms. The smallest absolute Gasteiger partial charge is 0.0480 e. The van der Waals surface area contributed by atoms with Crippen molar-refractivity contribution in [1.82, 2.24) is 9.47 Å². The van der Waals surface area contributed by atoms with E-state index in [2.05, 4.69) is 84.5 Å². The van der Waals surface area contributed by atoms with Crippen LogP contribution in [0.25, 0.3) is 10.9 Å². The van der Waals surface area contributed by atoms with E-state index in [0.717, 1.165) is 10.8 Å². The van der Waals surface area contributed by atoms with Gasteiger partial charge in [-0.3, -0.25) is 0 Å². The summed E-state index contributed by atoms with van der Waals surface area (Å²) in [5.74, 6) is 0. The Bertz CT molecular complexity index is 543. The standard InChI is InChI=1S/C15H21IN2/c1-11(17(2)3)7-13-10-18(4)15-6-5-12(9-16)8-14(13)15/h5-6,8,10-11H,7,9H2,1-4H3/t11-/m1/s1. The predicted octanol–water partition coefficient (Wildman–Crippen LogP) is 3.61. The molecule has 3 heteroatoms. The molecule has 0 N–H and O–H groups in total. The van der Waals surface area contributed by atoms with Gasteiger partial charge in [-0.25, -0.2) is 0 Å². The normalized spacial score (nSPS) is 13.4. The predicted molar refractivity (Wildman–Crippen MR) is 87.5 cm³/mol. The molecule has 0 saturated heterocycles. The lowest BCUT2D eigenvalue weighted by molar-refractivity contribution is 0.313. The Morgan fingerprint density at radius 1 is 1.33 bits per heavy atom. The molecule has 98 valence electrons. The fraction of sp³-hybridized carbons (Fsp3) is 0.467. The van der Waals surface area contributed by atoms with Gasteiger partial charge in [-0.15, -0.1) is 0 Å². The Morgan fingerprint density at radius 3 is 2.67 bits per heavy atom. The fourth-order valence-electron chi connectivity index (χ4n) is 2.27. The van der Waals surface area contributed by atoms with E-state index < -0.39 is 0 Å². The first kappa shape index (κ1) is 13.9. The molecular formula is C15H21IN2. The number of aromatic nitrogens is 1. The summed E-state index contributed by atoms with van der Waals surface area (Å²) in [7, 11) is 6.42. The molecule has 0 aliphatic heterocycles. The Hall–Kier alpha value is -0.550. The molecule has 1 heterocycles. The van der Waals surface area contributed by atoms with Gasteiger partial charge in [0.15, 0.2) is 0 Å².